The van der Waals surface area contributed by atoms with Gasteiger partial charge in [0.15, 0.2) is 5.82 Å². The molecule has 3 heterocycles. The molecule has 0 saturated carbocycles. The number of phenols is 1. The number of anilines is 3. The molecule has 6 nitrogen and oxygen atoms in total. The number of hydrogen-bond acceptors (Lipinski definition) is 6. The van der Waals surface area contributed by atoms with Crippen molar-refractivity contribution in [1.29, 1.82) is 0 Å². The summed E-state index contributed by atoms with van der Waals surface area (Å²) in [4.78, 5) is 12.5. The molecule has 122 valence electrons. The van der Waals surface area contributed by atoms with Gasteiger partial charge >= 0.3 is 0 Å². The molecule has 1 aromatic carbocycles. The van der Waals surface area contributed by atoms with Gasteiger partial charge in [-0.3, -0.25) is 0 Å². The molecular weight excluding hydrogens is 337 g/mol. The Hall–Kier alpha value is -1.76. The summed E-state index contributed by atoms with van der Waals surface area (Å²) in [7, 11) is 2.10. The van der Waals surface area contributed by atoms with E-state index in [0.717, 1.165) is 25.3 Å². The van der Waals surface area contributed by atoms with Gasteiger partial charge in [0.05, 0.1) is 11.9 Å². The van der Waals surface area contributed by atoms with Crippen molar-refractivity contribution in [3.8, 4) is 5.75 Å². The minimum Gasteiger partial charge on any atom is -0.508 e. The topological polar surface area (TPSA) is 78.5 Å². The highest BCUT2D eigenvalue weighted by atomic mass is 35.5. The third kappa shape index (κ3) is 2.38. The van der Waals surface area contributed by atoms with Crippen molar-refractivity contribution in [3.05, 3.63) is 35.0 Å². The number of likely N-dealkylation sites (N-methyl/N-ethyl adjacent to an activating group) is 1. The molecule has 0 bridgehead atoms. The molecule has 0 radical (unpaired) electrons. The minimum atomic E-state index is 0. The number of phenolic OH excluding ortho intramolecular Hbond substituents is 1. The van der Waals surface area contributed by atoms with Crippen LogP contribution in [0.15, 0.2) is 24.4 Å². The van der Waals surface area contributed by atoms with Crippen molar-refractivity contribution in [2.24, 2.45) is 0 Å². The minimum absolute atomic E-state index is 0. The van der Waals surface area contributed by atoms with Crippen molar-refractivity contribution < 1.29 is 5.11 Å². The van der Waals surface area contributed by atoms with Crippen molar-refractivity contribution in [2.45, 2.75) is 5.41 Å². The molecule has 3 N–H and O–H groups in total. The molecule has 1 fully saturated rings. The molecule has 4 rings (SSSR count). The first-order chi connectivity index (χ1) is 10.5. The largest absolute Gasteiger partial charge is 0.508 e. The Bertz CT molecular complexity index is 764. The zero-order valence-corrected chi connectivity index (χ0v) is 14.1. The second-order valence-corrected chi connectivity index (χ2v) is 6.55. The summed E-state index contributed by atoms with van der Waals surface area (Å²) in [5.41, 5.74) is 7.93. The molecule has 8 heteroatoms. The first kappa shape index (κ1) is 16.1. The van der Waals surface area contributed by atoms with E-state index in [9.17, 15) is 5.11 Å². The van der Waals surface area contributed by atoms with Gasteiger partial charge < -0.3 is 20.6 Å². The Morgan fingerprint density at radius 3 is 2.74 bits per heavy atom. The van der Waals surface area contributed by atoms with Gasteiger partial charge in [-0.1, -0.05) is 17.7 Å². The lowest BCUT2D eigenvalue weighted by Crippen LogP contribution is -2.59. The number of hydrogen-bond donors (Lipinski definition) is 2. The predicted octanol–water partition coefficient (Wildman–Crippen LogP) is 2.17. The van der Waals surface area contributed by atoms with Crippen molar-refractivity contribution in [1.82, 2.24) is 14.9 Å². The van der Waals surface area contributed by atoms with Crippen LogP contribution in [0.2, 0.25) is 5.02 Å². The number of fused-ring (bicyclic) bond motifs is 2. The van der Waals surface area contributed by atoms with E-state index in [1.165, 1.54) is 11.8 Å². The average Bonchev–Trinajstić information content (AvgIpc) is 2.76. The number of aromatic nitrogens is 2. The molecule has 0 amide bonds. The zero-order chi connectivity index (χ0) is 15.5. The third-order valence-corrected chi connectivity index (χ3v) is 4.72. The number of nitrogens with zero attached hydrogens (tertiary/aromatic N) is 4. The van der Waals surface area contributed by atoms with Crippen LogP contribution >= 0.6 is 24.0 Å². The van der Waals surface area contributed by atoms with Gasteiger partial charge in [-0.05, 0) is 18.7 Å². The highest BCUT2D eigenvalue weighted by molar-refractivity contribution is 6.33. The van der Waals surface area contributed by atoms with Gasteiger partial charge in [0.2, 0.25) is 5.95 Å². The zero-order valence-electron chi connectivity index (χ0n) is 12.5. The van der Waals surface area contributed by atoms with Gasteiger partial charge in [0.25, 0.3) is 0 Å². The molecule has 2 aliphatic heterocycles. The van der Waals surface area contributed by atoms with E-state index >= 15 is 0 Å². The SMILES string of the molecule is CN1CC2(C1)CN(c1nc(N)ncc1Cl)c1cc(O)ccc12.Cl. The summed E-state index contributed by atoms with van der Waals surface area (Å²) in [6.07, 6.45) is 1.51. The van der Waals surface area contributed by atoms with Crippen molar-refractivity contribution >= 4 is 41.5 Å². The smallest absolute Gasteiger partial charge is 0.222 e. The Balaban J connectivity index is 0.00000156. The van der Waals surface area contributed by atoms with Crippen LogP contribution in [-0.4, -0.2) is 46.7 Å². The Morgan fingerprint density at radius 1 is 1.30 bits per heavy atom. The van der Waals surface area contributed by atoms with Crippen LogP contribution in [0.1, 0.15) is 5.56 Å². The lowest BCUT2D eigenvalue weighted by atomic mass is 9.75. The molecule has 23 heavy (non-hydrogen) atoms. The second-order valence-electron chi connectivity index (χ2n) is 6.14. The van der Waals surface area contributed by atoms with E-state index in [-0.39, 0.29) is 29.5 Å². The summed E-state index contributed by atoms with van der Waals surface area (Å²) in [5.74, 6) is 1.01. The van der Waals surface area contributed by atoms with Crippen LogP contribution in [0.25, 0.3) is 0 Å². The standard InChI is InChI=1S/C15H16ClN5O.ClH/c1-20-6-15(7-20)8-21(12-4-9(22)2-3-10(12)15)13-11(16)5-18-14(17)19-13;/h2-5,22H,6-8H2,1H3,(H2,17,18,19);1H. The van der Waals surface area contributed by atoms with Gasteiger partial charge in [-0.15, -0.1) is 12.4 Å². The van der Waals surface area contributed by atoms with E-state index in [1.807, 2.05) is 11.0 Å². The van der Waals surface area contributed by atoms with Crippen LogP contribution in [-0.2, 0) is 5.41 Å². The number of aromatic hydroxyl groups is 1. The summed E-state index contributed by atoms with van der Waals surface area (Å²) in [5, 5.41) is 10.3. The molecule has 1 spiro atoms. The number of likely N-dealkylation sites (tertiary alicyclic amines) is 1. The maximum Gasteiger partial charge on any atom is 0.222 e. The number of nitrogen functional groups attached to an aromatic ring is 1. The predicted molar refractivity (Wildman–Crippen MR) is 93.0 cm³/mol. The molecule has 0 unspecified atom stereocenters. The lowest BCUT2D eigenvalue weighted by molar-refractivity contribution is 0.107. The molecule has 2 aromatic rings. The average molecular weight is 354 g/mol. The first-order valence-corrected chi connectivity index (χ1v) is 7.44. The Morgan fingerprint density at radius 2 is 2.04 bits per heavy atom. The fourth-order valence-electron chi connectivity index (χ4n) is 3.67. The third-order valence-electron chi connectivity index (χ3n) is 4.45. The van der Waals surface area contributed by atoms with Crippen LogP contribution < -0.4 is 10.6 Å². The highest BCUT2D eigenvalue weighted by Crippen LogP contribution is 2.50. The maximum atomic E-state index is 9.87. The Labute approximate surface area is 145 Å². The molecule has 0 atom stereocenters. The number of halogens is 2. The summed E-state index contributed by atoms with van der Waals surface area (Å²) in [6.45, 7) is 2.71. The molecule has 0 aliphatic carbocycles. The summed E-state index contributed by atoms with van der Waals surface area (Å²) < 4.78 is 0. The molecule has 1 aromatic heterocycles. The van der Waals surface area contributed by atoms with Crippen LogP contribution in [0, 0.1) is 0 Å². The lowest BCUT2D eigenvalue weighted by Gasteiger charge is -2.46. The summed E-state index contributed by atoms with van der Waals surface area (Å²) >= 11 is 6.27. The fourth-order valence-corrected chi connectivity index (χ4v) is 3.86. The van der Waals surface area contributed by atoms with Gasteiger partial charge in [0, 0.05) is 31.1 Å². The van der Waals surface area contributed by atoms with E-state index in [2.05, 4.69) is 21.9 Å². The second kappa shape index (κ2) is 5.40. The Kier molecular flexibility index (Phi) is 3.78. The van der Waals surface area contributed by atoms with Gasteiger partial charge in [0.1, 0.15) is 10.8 Å². The summed E-state index contributed by atoms with van der Waals surface area (Å²) in [6, 6.07) is 5.49. The normalized spacial score (nSPS) is 18.4. The van der Waals surface area contributed by atoms with Crippen LogP contribution in [0.4, 0.5) is 17.5 Å². The van der Waals surface area contributed by atoms with Gasteiger partial charge in [-0.25, -0.2) is 4.98 Å². The highest BCUT2D eigenvalue weighted by Gasteiger charge is 2.50. The molecular formula is C15H17Cl2N5O. The van der Waals surface area contributed by atoms with E-state index in [1.54, 1.807) is 12.1 Å². The fraction of sp³-hybridized carbons (Fsp3) is 0.333. The maximum absolute atomic E-state index is 9.87. The molecule has 1 saturated heterocycles. The number of rotatable bonds is 1. The monoisotopic (exact) mass is 353 g/mol. The van der Waals surface area contributed by atoms with Crippen molar-refractivity contribution in [2.75, 3.05) is 37.3 Å². The van der Waals surface area contributed by atoms with Crippen molar-refractivity contribution in [3.63, 3.8) is 0 Å². The number of nitrogens with two attached hydrogens (primary N) is 1. The first-order valence-electron chi connectivity index (χ1n) is 7.06. The van der Waals surface area contributed by atoms with E-state index in [4.69, 9.17) is 17.3 Å². The van der Waals surface area contributed by atoms with Crippen LogP contribution in [0.5, 0.6) is 5.75 Å². The van der Waals surface area contributed by atoms with E-state index < -0.39 is 0 Å². The number of benzene rings is 1. The quantitative estimate of drug-likeness (QED) is 0.817. The van der Waals surface area contributed by atoms with Crippen LogP contribution in [0.3, 0.4) is 0 Å². The van der Waals surface area contributed by atoms with Gasteiger partial charge in [-0.2, -0.15) is 4.98 Å². The van der Waals surface area contributed by atoms with E-state index in [0.29, 0.717) is 10.8 Å². The molecule has 2 aliphatic rings.